The van der Waals surface area contributed by atoms with E-state index in [1.165, 1.54) is 11.3 Å². The molecule has 34 heavy (non-hydrogen) atoms. The number of aromatic nitrogens is 5. The molecule has 11 nitrogen and oxygen atoms in total. The summed E-state index contributed by atoms with van der Waals surface area (Å²) in [5.41, 5.74) is 1.57. The van der Waals surface area contributed by atoms with E-state index >= 15 is 0 Å². The van der Waals surface area contributed by atoms with Crippen molar-refractivity contribution in [3.63, 3.8) is 0 Å². The number of ether oxygens (including phenoxy) is 1. The Bertz CT molecular complexity index is 1530. The Morgan fingerprint density at radius 2 is 2.26 bits per heavy atom. The van der Waals surface area contributed by atoms with E-state index in [1.807, 2.05) is 12.1 Å². The summed E-state index contributed by atoms with van der Waals surface area (Å²) >= 11 is 1.35. The molecule has 0 bridgehead atoms. The van der Waals surface area contributed by atoms with Crippen molar-refractivity contribution in [2.75, 3.05) is 20.3 Å². The van der Waals surface area contributed by atoms with Gasteiger partial charge in [-0.2, -0.15) is 9.61 Å². The number of aromatic hydroxyl groups is 1. The molecular weight excluding hydrogens is 458 g/mol. The van der Waals surface area contributed by atoms with Crippen molar-refractivity contribution in [3.8, 4) is 16.5 Å². The first-order valence-electron chi connectivity index (χ1n) is 10.8. The second-order valence-corrected chi connectivity index (χ2v) is 9.03. The highest BCUT2D eigenvalue weighted by Gasteiger charge is 2.21. The molecule has 1 aliphatic rings. The Labute approximate surface area is 196 Å². The number of hydrogen-bond acceptors (Lipinski definition) is 8. The average molecular weight is 482 g/mol. The van der Waals surface area contributed by atoms with E-state index in [4.69, 9.17) is 14.7 Å². The molecule has 4 N–H and O–H groups in total. The summed E-state index contributed by atoms with van der Waals surface area (Å²) in [7, 11) is 1.63. The van der Waals surface area contributed by atoms with Crippen LogP contribution in [0, 0.1) is 0 Å². The van der Waals surface area contributed by atoms with Gasteiger partial charge < -0.3 is 20.1 Å². The summed E-state index contributed by atoms with van der Waals surface area (Å²) in [6, 6.07) is 5.77. The maximum absolute atomic E-state index is 12.5. The predicted octanol–water partition coefficient (Wildman–Crippen LogP) is 0.557. The largest absolute Gasteiger partial charge is 0.493 e. The standard InChI is InChI=1S/C22H23N7O4S/c1-33-8-2-7-23-21(31)17-6-5-16(34-17)14-10-18(25-13-3-4-13)29-19(26-14)12(11-24-29)9-15-20(30)28-22(32)27-15/h5-6,9-11,13,30H,2-4,7-8H2,1H3,(H,23,31)(H2,27,28,32)/b12-9+,25-18?. The van der Waals surface area contributed by atoms with Crippen LogP contribution in [0.4, 0.5) is 0 Å². The van der Waals surface area contributed by atoms with E-state index in [-0.39, 0.29) is 23.5 Å². The van der Waals surface area contributed by atoms with Crippen molar-refractivity contribution in [3.05, 3.63) is 56.2 Å². The molecule has 4 aromatic heterocycles. The van der Waals surface area contributed by atoms with Gasteiger partial charge in [0, 0.05) is 31.5 Å². The highest BCUT2D eigenvalue weighted by molar-refractivity contribution is 7.17. The van der Waals surface area contributed by atoms with Crippen molar-refractivity contribution >= 4 is 29.0 Å². The summed E-state index contributed by atoms with van der Waals surface area (Å²) in [6.45, 7) is 1.13. The zero-order valence-corrected chi connectivity index (χ0v) is 19.2. The molecule has 4 heterocycles. The monoisotopic (exact) mass is 481 g/mol. The van der Waals surface area contributed by atoms with Crippen molar-refractivity contribution < 1.29 is 14.6 Å². The fraction of sp³-hybridized carbons (Fsp3) is 0.318. The number of imidazole rings is 1. The Morgan fingerprint density at radius 1 is 1.41 bits per heavy atom. The van der Waals surface area contributed by atoms with Crippen LogP contribution in [0.15, 0.2) is 34.2 Å². The predicted molar refractivity (Wildman–Crippen MR) is 126 cm³/mol. The normalized spacial score (nSPS) is 14.9. The summed E-state index contributed by atoms with van der Waals surface area (Å²) in [4.78, 5) is 39.8. The number of methoxy groups -OCH3 is 1. The van der Waals surface area contributed by atoms with Crippen molar-refractivity contribution in [2.45, 2.75) is 25.3 Å². The number of carbonyl (C=O) groups excluding carboxylic acids is 1. The molecular formula is C22H23N7O4S. The van der Waals surface area contributed by atoms with Gasteiger partial charge in [-0.3, -0.25) is 14.8 Å². The lowest BCUT2D eigenvalue weighted by atomic mass is 10.3. The zero-order chi connectivity index (χ0) is 23.7. The lowest BCUT2D eigenvalue weighted by molar-refractivity contribution is 0.0952. The van der Waals surface area contributed by atoms with Gasteiger partial charge in [0.25, 0.3) is 5.91 Å². The Balaban J connectivity index is 1.55. The fourth-order valence-electron chi connectivity index (χ4n) is 3.43. The molecule has 1 amide bonds. The van der Waals surface area contributed by atoms with Gasteiger partial charge in [0.15, 0.2) is 11.1 Å². The number of fused-ring (bicyclic) bond motifs is 1. The molecule has 0 spiro atoms. The zero-order valence-electron chi connectivity index (χ0n) is 18.4. The average Bonchev–Trinajstić information content (AvgIpc) is 3.19. The Morgan fingerprint density at radius 3 is 3.00 bits per heavy atom. The topological polar surface area (TPSA) is 150 Å². The summed E-state index contributed by atoms with van der Waals surface area (Å²) in [6.07, 6.45) is 6.01. The SMILES string of the molecule is COCCCNC(=O)c1ccc(-c2cc(=NC3CC3)n3nc/c(=C\c4[nH]c(=O)[nH]c4O)c3n2)s1. The minimum atomic E-state index is -0.509. The minimum absolute atomic E-state index is 0.137. The van der Waals surface area contributed by atoms with Crippen LogP contribution in [0.1, 0.15) is 34.6 Å². The Hall–Kier alpha value is -3.77. The van der Waals surface area contributed by atoms with Crippen LogP contribution in [-0.4, -0.2) is 61.9 Å². The molecule has 0 saturated heterocycles. The lowest BCUT2D eigenvalue weighted by Crippen LogP contribution is -2.24. The van der Waals surface area contributed by atoms with Crippen LogP contribution in [0.25, 0.3) is 22.3 Å². The fourth-order valence-corrected chi connectivity index (χ4v) is 4.31. The van der Waals surface area contributed by atoms with E-state index in [0.29, 0.717) is 40.1 Å². The first-order chi connectivity index (χ1) is 16.5. The van der Waals surface area contributed by atoms with Crippen LogP contribution in [-0.2, 0) is 4.74 Å². The molecule has 0 unspecified atom stereocenters. The number of H-pyrrole nitrogens is 2. The second-order valence-electron chi connectivity index (χ2n) is 7.95. The quantitative estimate of drug-likeness (QED) is 0.270. The number of nitrogens with one attached hydrogen (secondary N) is 3. The van der Waals surface area contributed by atoms with Gasteiger partial charge >= 0.3 is 5.69 Å². The maximum Gasteiger partial charge on any atom is 0.326 e. The molecule has 1 saturated carbocycles. The van der Waals surface area contributed by atoms with Crippen LogP contribution in [0.3, 0.4) is 0 Å². The number of carbonyl (C=O) groups is 1. The molecule has 1 aliphatic carbocycles. The third-order valence-electron chi connectivity index (χ3n) is 5.27. The third-order valence-corrected chi connectivity index (χ3v) is 6.38. The molecule has 0 aromatic carbocycles. The molecule has 4 aromatic rings. The number of thiophene rings is 1. The summed E-state index contributed by atoms with van der Waals surface area (Å²) in [5.74, 6) is -0.399. The van der Waals surface area contributed by atoms with Crippen LogP contribution >= 0.6 is 11.3 Å². The number of rotatable bonds is 8. The molecule has 12 heteroatoms. The summed E-state index contributed by atoms with van der Waals surface area (Å²) in [5, 5.41) is 17.9. The van der Waals surface area contributed by atoms with E-state index < -0.39 is 5.69 Å². The summed E-state index contributed by atoms with van der Waals surface area (Å²) < 4.78 is 6.65. The molecule has 5 rings (SSSR count). The number of amides is 1. The number of hydrogen-bond donors (Lipinski definition) is 4. The molecule has 176 valence electrons. The van der Waals surface area contributed by atoms with E-state index in [1.54, 1.807) is 30.0 Å². The third kappa shape index (κ3) is 4.63. The molecule has 0 radical (unpaired) electrons. The van der Waals surface area contributed by atoms with Crippen LogP contribution in [0.2, 0.25) is 0 Å². The second kappa shape index (κ2) is 9.23. The molecule has 0 aliphatic heterocycles. The van der Waals surface area contributed by atoms with Crippen LogP contribution < -0.4 is 21.7 Å². The smallest absolute Gasteiger partial charge is 0.326 e. The van der Waals surface area contributed by atoms with E-state index in [0.717, 1.165) is 24.1 Å². The van der Waals surface area contributed by atoms with Gasteiger partial charge in [-0.1, -0.05) is 0 Å². The van der Waals surface area contributed by atoms with Gasteiger partial charge in [0.1, 0.15) is 5.69 Å². The van der Waals surface area contributed by atoms with E-state index in [2.05, 4.69) is 20.4 Å². The molecule has 1 fully saturated rings. The van der Waals surface area contributed by atoms with Gasteiger partial charge in [-0.05, 0) is 37.5 Å². The number of nitrogens with zero attached hydrogens (tertiary/aromatic N) is 4. The van der Waals surface area contributed by atoms with Crippen molar-refractivity contribution in [2.24, 2.45) is 4.99 Å². The maximum atomic E-state index is 12.5. The van der Waals surface area contributed by atoms with Crippen molar-refractivity contribution in [1.29, 1.82) is 0 Å². The van der Waals surface area contributed by atoms with Crippen LogP contribution in [0.5, 0.6) is 5.88 Å². The van der Waals surface area contributed by atoms with Gasteiger partial charge in [-0.15, -0.1) is 11.3 Å². The van der Waals surface area contributed by atoms with E-state index in [9.17, 15) is 14.7 Å². The van der Waals surface area contributed by atoms with Gasteiger partial charge in [-0.25, -0.2) is 9.78 Å². The minimum Gasteiger partial charge on any atom is -0.493 e. The number of aromatic amines is 2. The van der Waals surface area contributed by atoms with Gasteiger partial charge in [0.2, 0.25) is 5.88 Å². The first kappa shape index (κ1) is 22.0. The van der Waals surface area contributed by atoms with Crippen molar-refractivity contribution in [1.82, 2.24) is 29.9 Å². The Kier molecular flexibility index (Phi) is 5.99. The highest BCUT2D eigenvalue weighted by atomic mass is 32.1. The van der Waals surface area contributed by atoms with Gasteiger partial charge in [0.05, 0.1) is 27.7 Å². The first-order valence-corrected chi connectivity index (χ1v) is 11.7. The molecule has 0 atom stereocenters. The highest BCUT2D eigenvalue weighted by Crippen LogP contribution is 2.27. The lowest BCUT2D eigenvalue weighted by Gasteiger charge is -2.03.